The number of esters is 1. The highest BCUT2D eigenvalue weighted by atomic mass is 127. The van der Waals surface area contributed by atoms with E-state index in [1.165, 1.54) is 12.0 Å². The van der Waals surface area contributed by atoms with Crippen LogP contribution in [0.15, 0.2) is 18.2 Å². The summed E-state index contributed by atoms with van der Waals surface area (Å²) in [6.07, 6.45) is -0.543. The lowest BCUT2D eigenvalue weighted by molar-refractivity contribution is -0.141. The zero-order valence-electron chi connectivity index (χ0n) is 10.9. The summed E-state index contributed by atoms with van der Waals surface area (Å²) < 4.78 is 19.5. The molecule has 0 bridgehead atoms. The molecule has 4 nitrogen and oxygen atoms in total. The van der Waals surface area contributed by atoms with E-state index in [1.54, 1.807) is 6.07 Å². The van der Waals surface area contributed by atoms with Crippen LogP contribution in [-0.4, -0.2) is 43.1 Å². The molecule has 1 aromatic rings. The topological polar surface area (TPSA) is 46.6 Å². The minimum atomic E-state index is -0.951. The van der Waals surface area contributed by atoms with Crippen LogP contribution in [-0.2, 0) is 14.9 Å². The molecule has 6 heteroatoms. The molecule has 0 unspecified atom stereocenters. The first-order chi connectivity index (χ1) is 9.48. The largest absolute Gasteiger partial charge is 0.468 e. The Kier molecular flexibility index (Phi) is 3.23. The lowest BCUT2D eigenvalue weighted by atomic mass is 9.86. The number of rotatable bonds is 2. The van der Waals surface area contributed by atoms with Gasteiger partial charge >= 0.3 is 5.97 Å². The van der Waals surface area contributed by atoms with Crippen molar-refractivity contribution in [2.75, 3.05) is 20.2 Å². The van der Waals surface area contributed by atoms with Crippen molar-refractivity contribution >= 4 is 34.5 Å². The molecule has 1 aliphatic carbocycles. The minimum Gasteiger partial charge on any atom is -0.468 e. The van der Waals surface area contributed by atoms with E-state index < -0.39 is 17.6 Å². The third-order valence-corrected chi connectivity index (χ3v) is 4.71. The van der Waals surface area contributed by atoms with Crippen molar-refractivity contribution in [3.05, 3.63) is 32.9 Å². The molecule has 0 aromatic heterocycles. The summed E-state index contributed by atoms with van der Waals surface area (Å²) in [5.41, 5.74) is 0.655. The molecule has 106 valence electrons. The van der Waals surface area contributed by atoms with Crippen LogP contribution in [0.1, 0.15) is 22.3 Å². The number of halogens is 2. The fraction of sp³-hybridized carbons (Fsp3) is 0.429. The van der Waals surface area contributed by atoms with Gasteiger partial charge in [0, 0.05) is 21.1 Å². The Hall–Kier alpha value is -1.18. The van der Waals surface area contributed by atoms with E-state index >= 15 is 0 Å². The predicted molar refractivity (Wildman–Crippen MR) is 78.3 cm³/mol. The van der Waals surface area contributed by atoms with Gasteiger partial charge in [0.05, 0.1) is 7.11 Å². The summed E-state index contributed by atoms with van der Waals surface area (Å²) in [4.78, 5) is 25.2. The maximum absolute atomic E-state index is 13.9. The maximum Gasteiger partial charge on any atom is 0.325 e. The SMILES string of the molecule is COC(=O)CN1C[C@]2(C[C@H]2F)c2cc(I)ccc2C1=O. The molecule has 0 N–H and O–H groups in total. The lowest BCUT2D eigenvalue weighted by Crippen LogP contribution is -2.46. The Morgan fingerprint density at radius 3 is 2.90 bits per heavy atom. The second-order valence-electron chi connectivity index (χ2n) is 5.26. The van der Waals surface area contributed by atoms with Crippen molar-refractivity contribution in [3.63, 3.8) is 0 Å². The van der Waals surface area contributed by atoms with E-state index in [2.05, 4.69) is 27.3 Å². The van der Waals surface area contributed by atoms with E-state index in [0.29, 0.717) is 12.0 Å². The zero-order valence-corrected chi connectivity index (χ0v) is 13.0. The van der Waals surface area contributed by atoms with Crippen molar-refractivity contribution in [3.8, 4) is 0 Å². The second kappa shape index (κ2) is 4.68. The first kappa shape index (κ1) is 13.8. The van der Waals surface area contributed by atoms with Crippen molar-refractivity contribution in [2.24, 2.45) is 0 Å². The van der Waals surface area contributed by atoms with Gasteiger partial charge < -0.3 is 9.64 Å². The molecule has 2 aliphatic rings. The number of carbonyl (C=O) groups excluding carboxylic acids is 2. The molecule has 0 saturated heterocycles. The highest BCUT2D eigenvalue weighted by Gasteiger charge is 2.61. The number of benzene rings is 1. The summed E-state index contributed by atoms with van der Waals surface area (Å²) in [5, 5.41) is 0. The fourth-order valence-corrected chi connectivity index (χ4v) is 3.33. The van der Waals surface area contributed by atoms with Crippen molar-refractivity contribution in [1.29, 1.82) is 0 Å². The third-order valence-electron chi connectivity index (χ3n) is 4.04. The molecule has 1 heterocycles. The summed E-state index contributed by atoms with van der Waals surface area (Å²) in [5.74, 6) is -0.718. The van der Waals surface area contributed by atoms with Gasteiger partial charge in [-0.25, -0.2) is 4.39 Å². The average molecular weight is 389 g/mol. The molecule has 1 aliphatic heterocycles. The second-order valence-corrected chi connectivity index (χ2v) is 6.50. The number of methoxy groups -OCH3 is 1. The first-order valence-electron chi connectivity index (χ1n) is 6.28. The molecular weight excluding hydrogens is 376 g/mol. The fourth-order valence-electron chi connectivity index (χ4n) is 2.83. The van der Waals surface area contributed by atoms with Gasteiger partial charge in [-0.15, -0.1) is 0 Å². The number of hydrogen-bond acceptors (Lipinski definition) is 3. The molecule has 1 spiro atoms. The number of ether oxygens (including phenoxy) is 1. The van der Waals surface area contributed by atoms with Gasteiger partial charge in [0.1, 0.15) is 12.7 Å². The van der Waals surface area contributed by atoms with E-state index in [0.717, 1.165) is 9.13 Å². The summed E-state index contributed by atoms with van der Waals surface area (Å²) in [6, 6.07) is 5.42. The number of amides is 1. The van der Waals surface area contributed by atoms with Gasteiger partial charge in [-0.05, 0) is 52.8 Å². The smallest absolute Gasteiger partial charge is 0.325 e. The summed E-state index contributed by atoms with van der Waals surface area (Å²) >= 11 is 2.15. The highest BCUT2D eigenvalue weighted by molar-refractivity contribution is 14.1. The van der Waals surface area contributed by atoms with Gasteiger partial charge in [-0.3, -0.25) is 9.59 Å². The van der Waals surface area contributed by atoms with Crippen LogP contribution >= 0.6 is 22.6 Å². The van der Waals surface area contributed by atoms with Crippen LogP contribution in [0.2, 0.25) is 0 Å². The van der Waals surface area contributed by atoms with E-state index in [-0.39, 0.29) is 19.0 Å². The number of fused-ring (bicyclic) bond motifs is 2. The van der Waals surface area contributed by atoms with Crippen LogP contribution in [0.3, 0.4) is 0 Å². The van der Waals surface area contributed by atoms with E-state index in [4.69, 9.17) is 0 Å². The van der Waals surface area contributed by atoms with Gasteiger partial charge in [-0.2, -0.15) is 0 Å². The molecule has 3 rings (SSSR count). The van der Waals surface area contributed by atoms with Gasteiger partial charge in [0.2, 0.25) is 0 Å². The number of nitrogens with zero attached hydrogens (tertiary/aromatic N) is 1. The number of alkyl halides is 1. The van der Waals surface area contributed by atoms with Crippen LogP contribution in [0.4, 0.5) is 4.39 Å². The molecule has 1 aromatic carbocycles. The zero-order chi connectivity index (χ0) is 14.5. The normalized spacial score (nSPS) is 27.4. The predicted octanol–water partition coefficient (Wildman–Crippen LogP) is 1.90. The van der Waals surface area contributed by atoms with E-state index in [1.807, 2.05) is 12.1 Å². The molecule has 2 atom stereocenters. The molecule has 20 heavy (non-hydrogen) atoms. The monoisotopic (exact) mass is 389 g/mol. The maximum atomic E-state index is 13.9. The Bertz CT molecular complexity index is 606. The first-order valence-corrected chi connectivity index (χ1v) is 7.36. The molecule has 0 radical (unpaired) electrons. The van der Waals surface area contributed by atoms with E-state index in [9.17, 15) is 14.0 Å². The van der Waals surface area contributed by atoms with Gasteiger partial charge in [0.15, 0.2) is 0 Å². The Balaban J connectivity index is 2.01. The lowest BCUT2D eigenvalue weighted by Gasteiger charge is -2.34. The van der Waals surface area contributed by atoms with Crippen LogP contribution in [0, 0.1) is 3.57 Å². The molecule has 1 amide bonds. The summed E-state index contributed by atoms with van der Waals surface area (Å²) in [7, 11) is 1.28. The Labute approximate surface area is 129 Å². The molecule has 1 saturated carbocycles. The Morgan fingerprint density at radius 1 is 1.60 bits per heavy atom. The number of hydrogen-bond donors (Lipinski definition) is 0. The van der Waals surface area contributed by atoms with Gasteiger partial charge in [-0.1, -0.05) is 0 Å². The summed E-state index contributed by atoms with van der Waals surface area (Å²) in [6.45, 7) is 0.115. The minimum absolute atomic E-state index is 0.130. The van der Waals surface area contributed by atoms with Crippen LogP contribution < -0.4 is 0 Å². The van der Waals surface area contributed by atoms with Crippen molar-refractivity contribution in [1.82, 2.24) is 4.90 Å². The quantitative estimate of drug-likeness (QED) is 0.574. The molecular formula is C14H13FINO3. The standard InChI is InChI=1S/C14H13FINO3/c1-20-12(18)6-17-7-14(5-11(14)15)10-4-8(16)2-3-9(10)13(17)19/h2-4,11H,5-7H2,1H3/t11-,14-/m1/s1. The van der Waals surface area contributed by atoms with Crippen molar-refractivity contribution < 1.29 is 18.7 Å². The molecule has 1 fully saturated rings. The number of carbonyl (C=O) groups is 2. The van der Waals surface area contributed by atoms with Crippen molar-refractivity contribution in [2.45, 2.75) is 18.0 Å². The Morgan fingerprint density at radius 2 is 2.30 bits per heavy atom. The average Bonchev–Trinajstić information content (AvgIpc) is 3.06. The van der Waals surface area contributed by atoms with Crippen LogP contribution in [0.25, 0.3) is 0 Å². The third kappa shape index (κ3) is 2.01. The highest BCUT2D eigenvalue weighted by Crippen LogP contribution is 2.54. The van der Waals surface area contributed by atoms with Crippen LogP contribution in [0.5, 0.6) is 0 Å². The van der Waals surface area contributed by atoms with Gasteiger partial charge in [0.25, 0.3) is 5.91 Å².